The van der Waals surface area contributed by atoms with Crippen LogP contribution in [0.25, 0.3) is 10.8 Å². The first-order valence-electron chi connectivity index (χ1n) is 5.98. The summed E-state index contributed by atoms with van der Waals surface area (Å²) in [5, 5.41) is 2.19. The van der Waals surface area contributed by atoms with Crippen LogP contribution in [0.1, 0.15) is 6.42 Å². The summed E-state index contributed by atoms with van der Waals surface area (Å²) in [4.78, 5) is 17.8. The highest BCUT2D eigenvalue weighted by molar-refractivity contribution is 6.18. The molecule has 4 heteroatoms. The van der Waals surface area contributed by atoms with Crippen LogP contribution in [0.2, 0.25) is 0 Å². The second-order valence-electron chi connectivity index (χ2n) is 4.64. The minimum atomic E-state index is 0.161. The number of aromatic nitrogens is 1. The molecule has 3 nitrogen and oxygen atoms in total. The summed E-state index contributed by atoms with van der Waals surface area (Å²) in [5.74, 6) is 0.973. The van der Waals surface area contributed by atoms with Gasteiger partial charge in [-0.25, -0.2) is 0 Å². The van der Waals surface area contributed by atoms with Crippen LogP contribution in [0, 0.1) is 5.92 Å². The molecule has 0 aliphatic carbocycles. The predicted octanol–water partition coefficient (Wildman–Crippen LogP) is 2.83. The van der Waals surface area contributed by atoms with Gasteiger partial charge in [-0.15, -0.1) is 11.6 Å². The first-order valence-corrected chi connectivity index (χ1v) is 6.51. The third-order valence-corrected chi connectivity index (χ3v) is 3.80. The molecule has 18 heavy (non-hydrogen) atoms. The first-order chi connectivity index (χ1) is 8.78. The summed E-state index contributed by atoms with van der Waals surface area (Å²) in [7, 11) is 0. The highest BCUT2D eigenvalue weighted by atomic mass is 35.5. The standard InChI is InChI=1S/C14H13ClN2O/c15-7-10-5-14(18)17(9-10)13-2-1-12-8-16-4-3-11(12)6-13/h1-4,6,8,10H,5,7,9H2. The number of hydrogen-bond acceptors (Lipinski definition) is 2. The van der Waals surface area contributed by atoms with Crippen molar-refractivity contribution in [3.63, 3.8) is 0 Å². The van der Waals surface area contributed by atoms with Gasteiger partial charge >= 0.3 is 0 Å². The van der Waals surface area contributed by atoms with E-state index >= 15 is 0 Å². The number of alkyl halides is 1. The Kier molecular flexibility index (Phi) is 2.92. The molecule has 0 N–H and O–H groups in total. The van der Waals surface area contributed by atoms with Crippen LogP contribution in [0.5, 0.6) is 0 Å². The average molecular weight is 261 g/mol. The van der Waals surface area contributed by atoms with E-state index in [9.17, 15) is 4.79 Å². The molecule has 0 radical (unpaired) electrons. The van der Waals surface area contributed by atoms with Gasteiger partial charge in [0, 0.05) is 42.3 Å². The van der Waals surface area contributed by atoms with Crippen molar-refractivity contribution in [3.05, 3.63) is 36.7 Å². The van der Waals surface area contributed by atoms with Crippen molar-refractivity contribution in [2.24, 2.45) is 5.92 Å². The Morgan fingerprint density at radius 2 is 2.22 bits per heavy atom. The number of benzene rings is 1. The monoisotopic (exact) mass is 260 g/mol. The maximum absolute atomic E-state index is 11.9. The normalized spacial score (nSPS) is 19.7. The number of pyridine rings is 1. The lowest BCUT2D eigenvalue weighted by Crippen LogP contribution is -2.24. The van der Waals surface area contributed by atoms with Gasteiger partial charge in [0.05, 0.1) is 0 Å². The molecule has 92 valence electrons. The quantitative estimate of drug-likeness (QED) is 0.778. The number of halogens is 1. The van der Waals surface area contributed by atoms with Gasteiger partial charge in [-0.2, -0.15) is 0 Å². The highest BCUT2D eigenvalue weighted by Crippen LogP contribution is 2.28. The lowest BCUT2D eigenvalue weighted by molar-refractivity contribution is -0.117. The molecule has 1 aliphatic rings. The topological polar surface area (TPSA) is 33.2 Å². The highest BCUT2D eigenvalue weighted by Gasteiger charge is 2.29. The van der Waals surface area contributed by atoms with Gasteiger partial charge in [0.2, 0.25) is 5.91 Å². The number of nitrogens with zero attached hydrogens (tertiary/aromatic N) is 2. The number of fused-ring (bicyclic) bond motifs is 1. The Hall–Kier alpha value is -1.61. The summed E-state index contributed by atoms with van der Waals surface area (Å²) in [6.07, 6.45) is 4.14. The lowest BCUT2D eigenvalue weighted by atomic mass is 10.1. The zero-order valence-corrected chi connectivity index (χ0v) is 10.6. The van der Waals surface area contributed by atoms with Crippen molar-refractivity contribution in [1.29, 1.82) is 0 Å². The number of carbonyl (C=O) groups excluding carboxylic acids is 1. The molecule has 1 amide bonds. The minimum Gasteiger partial charge on any atom is -0.312 e. The molecule has 0 spiro atoms. The third-order valence-electron chi connectivity index (χ3n) is 3.36. The van der Waals surface area contributed by atoms with E-state index in [-0.39, 0.29) is 11.8 Å². The molecular weight excluding hydrogens is 248 g/mol. The molecule has 1 aliphatic heterocycles. The maximum Gasteiger partial charge on any atom is 0.227 e. The smallest absolute Gasteiger partial charge is 0.227 e. The second-order valence-corrected chi connectivity index (χ2v) is 4.94. The van der Waals surface area contributed by atoms with Crippen LogP contribution >= 0.6 is 11.6 Å². The Bertz CT molecular complexity index is 599. The van der Waals surface area contributed by atoms with Crippen LogP contribution in [0.15, 0.2) is 36.7 Å². The summed E-state index contributed by atoms with van der Waals surface area (Å²) in [6.45, 7) is 0.721. The van der Waals surface area contributed by atoms with E-state index in [1.54, 1.807) is 6.20 Å². The average Bonchev–Trinajstić information content (AvgIpc) is 2.79. The fourth-order valence-corrected chi connectivity index (χ4v) is 2.58. The van der Waals surface area contributed by atoms with Gasteiger partial charge < -0.3 is 4.90 Å². The van der Waals surface area contributed by atoms with Crippen molar-refractivity contribution < 1.29 is 4.79 Å². The van der Waals surface area contributed by atoms with Crippen molar-refractivity contribution in [1.82, 2.24) is 4.98 Å². The van der Waals surface area contributed by atoms with Gasteiger partial charge in [0.15, 0.2) is 0 Å². The number of rotatable bonds is 2. The van der Waals surface area contributed by atoms with E-state index in [0.717, 1.165) is 23.0 Å². The molecule has 0 bridgehead atoms. The van der Waals surface area contributed by atoms with E-state index in [1.165, 1.54) is 0 Å². The molecule has 1 aromatic carbocycles. The molecule has 1 unspecified atom stereocenters. The van der Waals surface area contributed by atoms with Crippen molar-refractivity contribution in [2.45, 2.75) is 6.42 Å². The van der Waals surface area contributed by atoms with Crippen molar-refractivity contribution in [2.75, 3.05) is 17.3 Å². The van der Waals surface area contributed by atoms with E-state index in [1.807, 2.05) is 35.4 Å². The van der Waals surface area contributed by atoms with Crippen molar-refractivity contribution in [3.8, 4) is 0 Å². The summed E-state index contributed by atoms with van der Waals surface area (Å²) in [6, 6.07) is 7.96. The number of carbonyl (C=O) groups is 1. The van der Waals surface area contributed by atoms with Crippen molar-refractivity contribution >= 4 is 34.0 Å². The summed E-state index contributed by atoms with van der Waals surface area (Å²) < 4.78 is 0. The van der Waals surface area contributed by atoms with Crippen LogP contribution in [0.4, 0.5) is 5.69 Å². The molecule has 2 aromatic rings. The maximum atomic E-state index is 11.9. The van der Waals surface area contributed by atoms with E-state index in [2.05, 4.69) is 4.98 Å². The molecule has 1 aromatic heterocycles. The lowest BCUT2D eigenvalue weighted by Gasteiger charge is -2.17. The van der Waals surface area contributed by atoms with Crippen LogP contribution in [0.3, 0.4) is 0 Å². The third kappa shape index (κ3) is 1.95. The van der Waals surface area contributed by atoms with E-state index in [4.69, 9.17) is 11.6 Å². The van der Waals surface area contributed by atoms with Gasteiger partial charge in [-0.3, -0.25) is 9.78 Å². The summed E-state index contributed by atoms with van der Waals surface area (Å²) >= 11 is 5.83. The van der Waals surface area contributed by atoms with Crippen LogP contribution in [-0.4, -0.2) is 23.3 Å². The largest absolute Gasteiger partial charge is 0.312 e. The number of hydrogen-bond donors (Lipinski definition) is 0. The molecule has 3 rings (SSSR count). The molecule has 2 heterocycles. The number of amides is 1. The Morgan fingerprint density at radius 1 is 1.33 bits per heavy atom. The van der Waals surface area contributed by atoms with Crippen LogP contribution < -0.4 is 4.90 Å². The molecule has 0 saturated carbocycles. The molecule has 1 saturated heterocycles. The zero-order chi connectivity index (χ0) is 12.5. The van der Waals surface area contributed by atoms with Crippen LogP contribution in [-0.2, 0) is 4.79 Å². The number of anilines is 1. The Labute approximate surface area is 110 Å². The van der Waals surface area contributed by atoms with E-state index < -0.39 is 0 Å². The fraction of sp³-hybridized carbons (Fsp3) is 0.286. The van der Waals surface area contributed by atoms with E-state index in [0.29, 0.717) is 12.3 Å². The predicted molar refractivity (Wildman–Crippen MR) is 72.9 cm³/mol. The SMILES string of the molecule is O=C1CC(CCl)CN1c1ccc2cnccc2c1. The Morgan fingerprint density at radius 3 is 3.00 bits per heavy atom. The molecular formula is C14H13ClN2O. The van der Waals surface area contributed by atoms with Gasteiger partial charge in [0.25, 0.3) is 0 Å². The molecule has 1 fully saturated rings. The minimum absolute atomic E-state index is 0.161. The Balaban J connectivity index is 1.97. The summed E-state index contributed by atoms with van der Waals surface area (Å²) in [5.41, 5.74) is 0.950. The fourth-order valence-electron chi connectivity index (χ4n) is 2.37. The second kappa shape index (κ2) is 4.58. The van der Waals surface area contributed by atoms with Gasteiger partial charge in [0.1, 0.15) is 0 Å². The molecule has 1 atom stereocenters. The van der Waals surface area contributed by atoms with Gasteiger partial charge in [-0.05, 0) is 29.5 Å². The van der Waals surface area contributed by atoms with Gasteiger partial charge in [-0.1, -0.05) is 6.07 Å². The zero-order valence-electron chi connectivity index (χ0n) is 9.84. The first kappa shape index (κ1) is 11.5.